The van der Waals surface area contributed by atoms with Gasteiger partial charge in [0.15, 0.2) is 6.20 Å². The largest absolute Gasteiger partial charge is 0.363 e. The average Bonchev–Trinajstić information content (AvgIpc) is 3.12. The fourth-order valence-corrected chi connectivity index (χ4v) is 3.12. The van der Waals surface area contributed by atoms with Crippen LogP contribution >= 0.6 is 23.4 Å². The van der Waals surface area contributed by atoms with E-state index in [1.807, 2.05) is 14.1 Å². The zero-order chi connectivity index (χ0) is 18.2. The molecule has 1 N–H and O–H groups in total. The molecule has 8 nitrogen and oxygen atoms in total. The first-order valence-electron chi connectivity index (χ1n) is 7.69. The molecule has 1 aliphatic heterocycles. The number of anilines is 1. The molecular weight excluding hydrogens is 364 g/mol. The zero-order valence-electron chi connectivity index (χ0n) is 14.0. The minimum absolute atomic E-state index is 0.184. The number of pyridine rings is 1. The lowest BCUT2D eigenvalue weighted by molar-refractivity contribution is -0.389. The number of nitrogens with one attached hydrogen (secondary N) is 1. The Balaban J connectivity index is 0.000000701. The van der Waals surface area contributed by atoms with Crippen LogP contribution in [0.15, 0.2) is 34.3 Å². The molecule has 0 unspecified atom stereocenters. The Hall–Kier alpha value is -1.97. The van der Waals surface area contributed by atoms with E-state index < -0.39 is 4.92 Å². The van der Waals surface area contributed by atoms with Crippen LogP contribution in [0.2, 0.25) is 5.15 Å². The summed E-state index contributed by atoms with van der Waals surface area (Å²) in [7, 11) is 3.75. The van der Waals surface area contributed by atoms with E-state index in [0.717, 1.165) is 30.8 Å². The molecule has 0 saturated carbocycles. The van der Waals surface area contributed by atoms with Gasteiger partial charge >= 0.3 is 5.82 Å². The molecular formula is C15H19ClN6O2S. The van der Waals surface area contributed by atoms with Crippen LogP contribution in [0.4, 0.5) is 11.8 Å². The molecule has 0 atom stereocenters. The molecule has 2 aromatic rings. The first-order valence-corrected chi connectivity index (χ1v) is 8.89. The first kappa shape index (κ1) is 19.4. The number of nitrogens with zero attached hydrogens (tertiary/aromatic N) is 5. The van der Waals surface area contributed by atoms with Gasteiger partial charge in [0.05, 0.1) is 9.79 Å². The van der Waals surface area contributed by atoms with E-state index in [4.69, 9.17) is 11.6 Å². The van der Waals surface area contributed by atoms with E-state index in [1.165, 1.54) is 24.0 Å². The Morgan fingerprint density at radius 3 is 2.44 bits per heavy atom. The number of aromatic nitrogens is 3. The van der Waals surface area contributed by atoms with E-state index >= 15 is 0 Å². The molecule has 1 fully saturated rings. The zero-order valence-corrected chi connectivity index (χ0v) is 15.5. The highest BCUT2D eigenvalue weighted by Crippen LogP contribution is 2.33. The Morgan fingerprint density at radius 1 is 1.24 bits per heavy atom. The van der Waals surface area contributed by atoms with Crippen molar-refractivity contribution in [3.05, 3.63) is 39.8 Å². The third-order valence-corrected chi connectivity index (χ3v) is 4.62. The molecule has 0 aliphatic carbocycles. The summed E-state index contributed by atoms with van der Waals surface area (Å²) in [5.74, 6) is 0.463. The second-order valence-corrected chi connectivity index (χ2v) is 6.70. The number of hydrogen-bond acceptors (Lipinski definition) is 8. The molecule has 3 heterocycles. The summed E-state index contributed by atoms with van der Waals surface area (Å²) in [6, 6.07) is 2.98. The van der Waals surface area contributed by atoms with Crippen LogP contribution in [0.3, 0.4) is 0 Å². The summed E-state index contributed by atoms with van der Waals surface area (Å²) >= 11 is 7.54. The van der Waals surface area contributed by atoms with Gasteiger partial charge in [0.25, 0.3) is 0 Å². The predicted octanol–water partition coefficient (Wildman–Crippen LogP) is 3.02. The van der Waals surface area contributed by atoms with Gasteiger partial charge in [-0.05, 0) is 42.9 Å². The van der Waals surface area contributed by atoms with Crippen molar-refractivity contribution in [3.63, 3.8) is 0 Å². The Morgan fingerprint density at radius 2 is 1.92 bits per heavy atom. The fraction of sp³-hybridized carbons (Fsp3) is 0.400. The fourth-order valence-electron chi connectivity index (χ4n) is 2.15. The predicted molar refractivity (Wildman–Crippen MR) is 98.5 cm³/mol. The maximum atomic E-state index is 10.6. The van der Waals surface area contributed by atoms with Crippen molar-refractivity contribution in [2.24, 2.45) is 0 Å². The van der Waals surface area contributed by atoms with Crippen LogP contribution in [0.25, 0.3) is 0 Å². The molecule has 1 aliphatic rings. The first-order chi connectivity index (χ1) is 12.0. The van der Waals surface area contributed by atoms with E-state index in [0.29, 0.717) is 16.0 Å². The smallest absolute Gasteiger partial charge is 0.358 e. The lowest BCUT2D eigenvalue weighted by Crippen LogP contribution is -2.20. The molecule has 0 aromatic carbocycles. The quantitative estimate of drug-likeness (QED) is 0.489. The minimum atomic E-state index is -0.532. The maximum absolute atomic E-state index is 10.6. The Kier molecular flexibility index (Phi) is 7.35. The Labute approximate surface area is 155 Å². The van der Waals surface area contributed by atoms with E-state index in [-0.39, 0.29) is 5.82 Å². The molecule has 10 heteroatoms. The van der Waals surface area contributed by atoms with Crippen molar-refractivity contribution in [3.8, 4) is 0 Å². The molecule has 134 valence electrons. The van der Waals surface area contributed by atoms with Crippen molar-refractivity contribution < 1.29 is 4.92 Å². The van der Waals surface area contributed by atoms with Gasteiger partial charge in [0, 0.05) is 25.4 Å². The van der Waals surface area contributed by atoms with Crippen molar-refractivity contribution in [1.82, 2.24) is 20.3 Å². The summed E-state index contributed by atoms with van der Waals surface area (Å²) in [5, 5.41) is 13.7. The summed E-state index contributed by atoms with van der Waals surface area (Å²) in [4.78, 5) is 26.0. The third-order valence-electron chi connectivity index (χ3n) is 3.22. The highest BCUT2D eigenvalue weighted by molar-refractivity contribution is 7.99. The minimum Gasteiger partial charge on any atom is -0.358 e. The molecule has 1 saturated heterocycles. The highest BCUT2D eigenvalue weighted by atomic mass is 35.5. The van der Waals surface area contributed by atoms with Crippen LogP contribution in [0.5, 0.6) is 0 Å². The van der Waals surface area contributed by atoms with Gasteiger partial charge in [-0.2, -0.15) is 4.98 Å². The standard InChI is InChI=1S/C13H12ClN5O2S.C2H7N/c14-12-10(8-16-13(17-12)18-5-1-2-6-18)22-9-3-4-11(15-7-9)19(20)21;1-3-2/h3-4,7-8H,1-2,5-6H2;3H,1-2H3. The van der Waals surface area contributed by atoms with Gasteiger partial charge in [0.2, 0.25) is 5.95 Å². The molecule has 0 bridgehead atoms. The second kappa shape index (κ2) is 9.50. The van der Waals surface area contributed by atoms with Crippen molar-refractivity contribution >= 4 is 35.1 Å². The van der Waals surface area contributed by atoms with Gasteiger partial charge in [-0.25, -0.2) is 4.98 Å². The monoisotopic (exact) mass is 382 g/mol. The second-order valence-electron chi connectivity index (χ2n) is 5.23. The molecule has 0 radical (unpaired) electrons. The lowest BCUT2D eigenvalue weighted by Gasteiger charge is -2.15. The average molecular weight is 383 g/mol. The van der Waals surface area contributed by atoms with Crippen molar-refractivity contribution in [2.75, 3.05) is 32.1 Å². The van der Waals surface area contributed by atoms with Crippen LogP contribution in [-0.4, -0.2) is 47.1 Å². The van der Waals surface area contributed by atoms with Crippen molar-refractivity contribution in [2.45, 2.75) is 22.6 Å². The number of halogens is 1. The van der Waals surface area contributed by atoms with Gasteiger partial charge in [0.1, 0.15) is 5.15 Å². The van der Waals surface area contributed by atoms with Crippen LogP contribution in [-0.2, 0) is 0 Å². The van der Waals surface area contributed by atoms with Gasteiger partial charge in [-0.15, -0.1) is 0 Å². The molecule has 0 spiro atoms. The van der Waals surface area contributed by atoms with E-state index in [1.54, 1.807) is 12.3 Å². The topological polar surface area (TPSA) is 97.1 Å². The number of hydrogen-bond donors (Lipinski definition) is 1. The van der Waals surface area contributed by atoms with Gasteiger partial charge in [-0.1, -0.05) is 23.4 Å². The van der Waals surface area contributed by atoms with E-state index in [2.05, 4.69) is 25.2 Å². The SMILES string of the molecule is CNC.O=[N+]([O-])c1ccc(Sc2cnc(N3CCCC3)nc2Cl)cn1. The van der Waals surface area contributed by atoms with Gasteiger partial charge < -0.3 is 20.3 Å². The van der Waals surface area contributed by atoms with Crippen LogP contribution in [0.1, 0.15) is 12.8 Å². The summed E-state index contributed by atoms with van der Waals surface area (Å²) in [5.41, 5.74) is 0. The summed E-state index contributed by atoms with van der Waals surface area (Å²) in [6.07, 6.45) is 5.40. The molecule has 0 amide bonds. The highest BCUT2D eigenvalue weighted by Gasteiger charge is 2.17. The summed E-state index contributed by atoms with van der Waals surface area (Å²) in [6.45, 7) is 1.91. The van der Waals surface area contributed by atoms with Crippen LogP contribution < -0.4 is 10.2 Å². The molecule has 25 heavy (non-hydrogen) atoms. The number of rotatable bonds is 4. The van der Waals surface area contributed by atoms with Crippen LogP contribution in [0, 0.1) is 10.1 Å². The normalized spacial score (nSPS) is 13.3. The Bertz CT molecular complexity index is 710. The van der Waals surface area contributed by atoms with E-state index in [9.17, 15) is 10.1 Å². The maximum Gasteiger partial charge on any atom is 0.363 e. The molecule has 2 aromatic heterocycles. The molecule has 3 rings (SSSR count). The lowest BCUT2D eigenvalue weighted by atomic mass is 10.4. The van der Waals surface area contributed by atoms with Gasteiger partial charge in [-0.3, -0.25) is 0 Å². The number of nitro groups is 1. The third kappa shape index (κ3) is 5.52. The summed E-state index contributed by atoms with van der Waals surface area (Å²) < 4.78 is 0. The van der Waals surface area contributed by atoms with Crippen molar-refractivity contribution in [1.29, 1.82) is 0 Å².